The first-order chi connectivity index (χ1) is 15.1. The van der Waals surface area contributed by atoms with Crippen LogP contribution in [0.2, 0.25) is 0 Å². The van der Waals surface area contributed by atoms with Gasteiger partial charge in [0.15, 0.2) is 0 Å². The summed E-state index contributed by atoms with van der Waals surface area (Å²) < 4.78 is 38.4. The molecule has 1 aromatic rings. The molecule has 0 spiro atoms. The number of carbonyl (C=O) groups excluding carboxylic acids is 3. The minimum absolute atomic E-state index is 0.0798. The Morgan fingerprint density at radius 2 is 1.91 bits per heavy atom. The van der Waals surface area contributed by atoms with Crippen LogP contribution >= 0.6 is 0 Å². The lowest BCUT2D eigenvalue weighted by molar-refractivity contribution is -0.176. The Bertz CT molecular complexity index is 987. The van der Waals surface area contributed by atoms with E-state index in [0.29, 0.717) is 0 Å². The monoisotopic (exact) mass is 472 g/mol. The molecule has 1 aliphatic heterocycles. The van der Waals surface area contributed by atoms with Crippen LogP contribution in [-0.4, -0.2) is 63.7 Å². The number of carbonyl (C=O) groups is 3. The summed E-state index contributed by atoms with van der Waals surface area (Å²) in [5.74, 6) is -3.87. The highest BCUT2D eigenvalue weighted by atomic mass is 19.4. The number of hydrogen-bond donors (Lipinski definition) is 4. The van der Waals surface area contributed by atoms with Crippen LogP contribution in [0.15, 0.2) is 11.0 Å². The van der Waals surface area contributed by atoms with Gasteiger partial charge >= 0.3 is 12.1 Å². The maximum absolute atomic E-state index is 13.2. The summed E-state index contributed by atoms with van der Waals surface area (Å²) in [7, 11) is 0. The van der Waals surface area contributed by atoms with Gasteiger partial charge in [0.1, 0.15) is 18.1 Å². The van der Waals surface area contributed by atoms with E-state index in [4.69, 9.17) is 0 Å². The molecule has 0 aliphatic carbocycles. The number of halogens is 3. The largest absolute Gasteiger partial charge is 0.471 e. The summed E-state index contributed by atoms with van der Waals surface area (Å²) in [5.41, 5.74) is -1.27. The van der Waals surface area contributed by atoms with Crippen molar-refractivity contribution in [3.05, 3.63) is 22.1 Å². The summed E-state index contributed by atoms with van der Waals surface area (Å²) >= 11 is 0. The molecule has 182 valence electrons. The average Bonchev–Trinajstić information content (AvgIpc) is 3.28. The first kappa shape index (κ1) is 26.0. The molecule has 0 bridgehead atoms. The quantitative estimate of drug-likeness (QED) is 0.478. The average molecular weight is 472 g/mol. The van der Waals surface area contributed by atoms with Gasteiger partial charge in [0.25, 0.3) is 5.56 Å². The molecule has 1 fully saturated rings. The highest BCUT2D eigenvalue weighted by Gasteiger charge is 2.47. The molecule has 3 amide bonds. The number of alkyl halides is 3. The van der Waals surface area contributed by atoms with Crippen molar-refractivity contribution in [2.45, 2.75) is 64.8 Å². The number of H-pyrrole nitrogens is 2. The molecule has 2 heterocycles. The lowest BCUT2D eigenvalue weighted by Crippen LogP contribution is -2.59. The van der Waals surface area contributed by atoms with Gasteiger partial charge in [0, 0.05) is 24.7 Å². The molecule has 0 saturated carbocycles. The van der Waals surface area contributed by atoms with Crippen LogP contribution in [0.5, 0.6) is 0 Å². The highest BCUT2D eigenvalue weighted by molar-refractivity contribution is 5.94. The Balaban J connectivity index is 2.21. The third kappa shape index (κ3) is 6.36. The number of rotatable bonds is 6. The van der Waals surface area contributed by atoms with Crippen molar-refractivity contribution in [2.75, 3.05) is 6.54 Å². The van der Waals surface area contributed by atoms with Crippen molar-refractivity contribution in [2.24, 2.45) is 11.3 Å². The first-order valence-corrected chi connectivity index (χ1v) is 10.3. The molecule has 4 N–H and O–H groups in total. The molecule has 33 heavy (non-hydrogen) atoms. The maximum atomic E-state index is 13.2. The number of nitriles is 1. The Morgan fingerprint density at radius 3 is 2.39 bits per heavy atom. The summed E-state index contributed by atoms with van der Waals surface area (Å²) in [6, 6.07) is -1.75. The molecule has 10 nitrogen and oxygen atoms in total. The number of likely N-dealkylation sites (tertiary alicyclic amines) is 1. The van der Waals surface area contributed by atoms with Gasteiger partial charge in [-0.25, -0.2) is 0 Å². The van der Waals surface area contributed by atoms with Crippen LogP contribution < -0.4 is 16.2 Å². The standard InChI is InChI=1S/C20H27F3N6O4/c1-10-5-13(16(31)26-12(7-24)6-11-8-25-28-15(11)30)29(9-10)17(32)14(19(2,3)4)27-18(33)20(21,22)23/h8,10,12-14H,5-6,9H2,1-4H3,(H,26,31)(H,27,33)(H2,25,28,30)/t10-,12+,13?,14-/m1/s1. The fourth-order valence-electron chi connectivity index (χ4n) is 3.67. The smallest absolute Gasteiger partial charge is 0.338 e. The van der Waals surface area contributed by atoms with Crippen molar-refractivity contribution >= 4 is 17.7 Å². The van der Waals surface area contributed by atoms with E-state index in [1.54, 1.807) is 12.2 Å². The van der Waals surface area contributed by atoms with E-state index >= 15 is 0 Å². The number of hydrogen-bond acceptors (Lipinski definition) is 5. The normalized spacial score (nSPS) is 20.6. The fourth-order valence-corrected chi connectivity index (χ4v) is 3.67. The highest BCUT2D eigenvalue weighted by Crippen LogP contribution is 2.29. The van der Waals surface area contributed by atoms with E-state index in [1.165, 1.54) is 27.0 Å². The number of aromatic nitrogens is 2. The van der Waals surface area contributed by atoms with Crippen LogP contribution in [0.3, 0.4) is 0 Å². The van der Waals surface area contributed by atoms with Gasteiger partial charge < -0.3 is 20.6 Å². The molecular weight excluding hydrogens is 445 g/mol. The summed E-state index contributed by atoms with van der Waals surface area (Å²) in [6.45, 7) is 6.37. The molecule has 0 radical (unpaired) electrons. The van der Waals surface area contributed by atoms with Crippen molar-refractivity contribution in [1.29, 1.82) is 5.26 Å². The second-order valence-electron chi connectivity index (χ2n) is 9.28. The number of amides is 3. The Morgan fingerprint density at radius 1 is 1.27 bits per heavy atom. The van der Waals surface area contributed by atoms with E-state index in [-0.39, 0.29) is 30.9 Å². The second kappa shape index (κ2) is 9.68. The van der Waals surface area contributed by atoms with Crippen LogP contribution in [0, 0.1) is 22.7 Å². The van der Waals surface area contributed by atoms with E-state index in [2.05, 4.69) is 15.5 Å². The van der Waals surface area contributed by atoms with Crippen molar-refractivity contribution in [3.8, 4) is 6.07 Å². The topological polar surface area (TPSA) is 151 Å². The number of nitrogens with one attached hydrogen (secondary N) is 4. The summed E-state index contributed by atoms with van der Waals surface area (Å²) in [5, 5.41) is 18.4. The minimum Gasteiger partial charge on any atom is -0.338 e. The first-order valence-electron chi connectivity index (χ1n) is 10.3. The third-order valence-electron chi connectivity index (χ3n) is 5.36. The SMILES string of the molecule is C[C@@H]1CC(C(=O)N[C@H](C#N)Cc2c[nH][nH]c2=O)N(C(=O)[C@@H](NC(=O)C(F)(F)F)C(C)(C)C)C1. The van der Waals surface area contributed by atoms with E-state index in [9.17, 15) is 37.6 Å². The molecule has 1 aromatic heterocycles. The van der Waals surface area contributed by atoms with Gasteiger partial charge in [0.2, 0.25) is 11.8 Å². The zero-order valence-corrected chi connectivity index (χ0v) is 18.7. The molecule has 1 unspecified atom stereocenters. The van der Waals surface area contributed by atoms with Crippen molar-refractivity contribution in [1.82, 2.24) is 25.7 Å². The zero-order chi connectivity index (χ0) is 25.1. The van der Waals surface area contributed by atoms with Crippen LogP contribution in [0.1, 0.15) is 39.7 Å². The third-order valence-corrected chi connectivity index (χ3v) is 5.36. The molecule has 1 saturated heterocycles. The summed E-state index contributed by atoms with van der Waals surface area (Å²) in [6.07, 6.45) is -3.66. The van der Waals surface area contributed by atoms with Gasteiger partial charge in [-0.1, -0.05) is 27.7 Å². The van der Waals surface area contributed by atoms with Crippen LogP contribution in [-0.2, 0) is 20.8 Å². The van der Waals surface area contributed by atoms with E-state index in [1.807, 2.05) is 6.07 Å². The van der Waals surface area contributed by atoms with Crippen LogP contribution in [0.4, 0.5) is 13.2 Å². The van der Waals surface area contributed by atoms with Crippen LogP contribution in [0.25, 0.3) is 0 Å². The van der Waals surface area contributed by atoms with E-state index in [0.717, 1.165) is 4.90 Å². The molecule has 2 rings (SSSR count). The molecule has 0 aromatic carbocycles. The Hall–Kier alpha value is -3.30. The predicted octanol–water partition coefficient (Wildman–Crippen LogP) is 0.584. The Labute approximate surface area is 187 Å². The van der Waals surface area contributed by atoms with Gasteiger partial charge in [-0.3, -0.25) is 24.3 Å². The zero-order valence-electron chi connectivity index (χ0n) is 18.7. The van der Waals surface area contributed by atoms with Gasteiger partial charge in [-0.2, -0.15) is 18.4 Å². The van der Waals surface area contributed by atoms with Crippen molar-refractivity contribution in [3.63, 3.8) is 0 Å². The number of aromatic amines is 2. The van der Waals surface area contributed by atoms with Gasteiger partial charge in [-0.15, -0.1) is 0 Å². The summed E-state index contributed by atoms with van der Waals surface area (Å²) in [4.78, 5) is 50.5. The van der Waals surface area contributed by atoms with Gasteiger partial charge in [-0.05, 0) is 17.8 Å². The fraction of sp³-hybridized carbons (Fsp3) is 0.650. The molecular formula is C20H27F3N6O4. The Kier molecular flexibility index (Phi) is 7.61. The lowest BCUT2D eigenvalue weighted by atomic mass is 9.85. The second-order valence-corrected chi connectivity index (χ2v) is 9.28. The van der Waals surface area contributed by atoms with Crippen molar-refractivity contribution < 1.29 is 27.6 Å². The van der Waals surface area contributed by atoms with Gasteiger partial charge in [0.05, 0.1) is 6.07 Å². The number of nitrogens with zero attached hydrogens (tertiary/aromatic N) is 2. The lowest BCUT2D eigenvalue weighted by Gasteiger charge is -2.35. The maximum Gasteiger partial charge on any atom is 0.471 e. The predicted molar refractivity (Wildman–Crippen MR) is 109 cm³/mol. The molecule has 1 aliphatic rings. The minimum atomic E-state index is -5.17. The van der Waals surface area contributed by atoms with E-state index < -0.39 is 53.0 Å². The molecule has 4 atom stereocenters. The molecule has 13 heteroatoms.